The van der Waals surface area contributed by atoms with Crippen molar-refractivity contribution in [1.82, 2.24) is 0 Å². The molecule has 0 radical (unpaired) electrons. The van der Waals surface area contributed by atoms with Crippen LogP contribution >= 0.6 is 11.3 Å². The molecule has 0 saturated heterocycles. The summed E-state index contributed by atoms with van der Waals surface area (Å²) in [4.78, 5) is 0. The molecule has 0 bridgehead atoms. The molecule has 3 rings (SSSR count). The van der Waals surface area contributed by atoms with E-state index in [-0.39, 0.29) is 0 Å². The van der Waals surface area contributed by atoms with Crippen molar-refractivity contribution >= 4 is 17.0 Å². The molecule has 1 aliphatic carbocycles. The number of anilines is 1. The van der Waals surface area contributed by atoms with E-state index in [4.69, 9.17) is 0 Å². The molecule has 1 heterocycles. The molecule has 2 aromatic rings. The van der Waals surface area contributed by atoms with Crippen molar-refractivity contribution in [2.75, 3.05) is 5.32 Å². The van der Waals surface area contributed by atoms with Gasteiger partial charge in [0.15, 0.2) is 0 Å². The van der Waals surface area contributed by atoms with Crippen LogP contribution in [0.4, 0.5) is 5.69 Å². The molecule has 0 atom stereocenters. The van der Waals surface area contributed by atoms with Gasteiger partial charge in [0.2, 0.25) is 0 Å². The van der Waals surface area contributed by atoms with Crippen LogP contribution in [0.2, 0.25) is 0 Å². The fourth-order valence-electron chi connectivity index (χ4n) is 2.05. The number of nitrogens with one attached hydrogen (secondary N) is 1. The van der Waals surface area contributed by atoms with E-state index in [1.165, 1.54) is 24.1 Å². The van der Waals surface area contributed by atoms with Gasteiger partial charge in [-0.2, -0.15) is 11.3 Å². The second-order valence-electron chi connectivity index (χ2n) is 4.34. The van der Waals surface area contributed by atoms with Crippen molar-refractivity contribution in [1.29, 1.82) is 0 Å². The van der Waals surface area contributed by atoms with Crippen LogP contribution < -0.4 is 5.32 Å². The van der Waals surface area contributed by atoms with E-state index in [9.17, 15) is 0 Å². The summed E-state index contributed by atoms with van der Waals surface area (Å²) in [6.07, 6.45) is 2.74. The van der Waals surface area contributed by atoms with Gasteiger partial charge in [0.1, 0.15) is 0 Å². The van der Waals surface area contributed by atoms with Gasteiger partial charge >= 0.3 is 0 Å². The predicted octanol–water partition coefficient (Wildman–Crippen LogP) is 4.24. The third kappa shape index (κ3) is 2.12. The Morgan fingerprint density at radius 3 is 2.81 bits per heavy atom. The van der Waals surface area contributed by atoms with E-state index >= 15 is 0 Å². The lowest BCUT2D eigenvalue weighted by Crippen LogP contribution is -2.01. The molecule has 1 nitrogen and oxygen atoms in total. The van der Waals surface area contributed by atoms with Gasteiger partial charge in [-0.05, 0) is 41.3 Å². The summed E-state index contributed by atoms with van der Waals surface area (Å²) in [6, 6.07) is 10.9. The lowest BCUT2D eigenvalue weighted by atomic mass is 10.0. The molecular formula is C14H15NS. The fourth-order valence-corrected chi connectivity index (χ4v) is 2.66. The van der Waals surface area contributed by atoms with Gasteiger partial charge in [-0.3, -0.25) is 0 Å². The summed E-state index contributed by atoms with van der Waals surface area (Å²) < 4.78 is 0. The molecule has 0 amide bonds. The van der Waals surface area contributed by atoms with Crippen molar-refractivity contribution in [3.8, 4) is 0 Å². The van der Waals surface area contributed by atoms with Crippen molar-refractivity contribution < 1.29 is 0 Å². The van der Waals surface area contributed by atoms with Crippen LogP contribution in [0.3, 0.4) is 0 Å². The topological polar surface area (TPSA) is 12.0 Å². The normalized spacial score (nSPS) is 15.0. The number of thiophene rings is 1. The van der Waals surface area contributed by atoms with Crippen molar-refractivity contribution in [2.24, 2.45) is 0 Å². The van der Waals surface area contributed by atoms with Crippen LogP contribution in [-0.4, -0.2) is 0 Å². The minimum absolute atomic E-state index is 0.834. The minimum atomic E-state index is 0.834. The smallest absolute Gasteiger partial charge is 0.0451 e. The second-order valence-corrected chi connectivity index (χ2v) is 5.12. The molecule has 0 spiro atoms. The maximum absolute atomic E-state index is 3.47. The van der Waals surface area contributed by atoms with Gasteiger partial charge in [0.25, 0.3) is 0 Å². The molecular weight excluding hydrogens is 214 g/mol. The molecule has 0 unspecified atom stereocenters. The predicted molar refractivity (Wildman–Crippen MR) is 70.1 cm³/mol. The average Bonchev–Trinajstić information content (AvgIpc) is 3.04. The number of rotatable bonds is 4. The quantitative estimate of drug-likeness (QED) is 0.827. The third-order valence-corrected chi connectivity index (χ3v) is 3.76. The zero-order chi connectivity index (χ0) is 10.8. The first-order valence-corrected chi connectivity index (χ1v) is 6.71. The lowest BCUT2D eigenvalue weighted by molar-refractivity contribution is 1.04. The largest absolute Gasteiger partial charge is 0.380 e. The Labute approximate surface area is 100 Å². The molecule has 1 aromatic carbocycles. The van der Waals surface area contributed by atoms with Gasteiger partial charge < -0.3 is 5.32 Å². The van der Waals surface area contributed by atoms with Crippen molar-refractivity contribution in [3.63, 3.8) is 0 Å². The molecule has 1 saturated carbocycles. The number of hydrogen-bond acceptors (Lipinski definition) is 2. The molecule has 2 heteroatoms. The highest BCUT2D eigenvalue weighted by Crippen LogP contribution is 2.41. The average molecular weight is 229 g/mol. The van der Waals surface area contributed by atoms with Crippen LogP contribution in [0, 0.1) is 0 Å². The number of benzene rings is 1. The van der Waals surface area contributed by atoms with E-state index in [1.807, 2.05) is 0 Å². The van der Waals surface area contributed by atoms with Crippen LogP contribution in [0.15, 0.2) is 41.1 Å². The number of hydrogen-bond donors (Lipinski definition) is 1. The Bertz CT molecular complexity index is 457. The van der Waals surface area contributed by atoms with Gasteiger partial charge in [-0.15, -0.1) is 0 Å². The van der Waals surface area contributed by atoms with Crippen LogP contribution in [0.25, 0.3) is 0 Å². The van der Waals surface area contributed by atoms with E-state index in [0.29, 0.717) is 0 Å². The molecule has 82 valence electrons. The van der Waals surface area contributed by atoms with Gasteiger partial charge in [-0.1, -0.05) is 24.3 Å². The third-order valence-electron chi connectivity index (χ3n) is 3.08. The maximum Gasteiger partial charge on any atom is 0.0451 e. The minimum Gasteiger partial charge on any atom is -0.380 e. The highest BCUT2D eigenvalue weighted by atomic mass is 32.1. The second kappa shape index (κ2) is 4.30. The highest BCUT2D eigenvalue weighted by molar-refractivity contribution is 7.08. The molecule has 1 aliphatic rings. The Hall–Kier alpha value is -1.28. The lowest BCUT2D eigenvalue weighted by Gasteiger charge is -2.09. The van der Waals surface area contributed by atoms with E-state index in [2.05, 4.69) is 46.4 Å². The van der Waals surface area contributed by atoms with Crippen molar-refractivity contribution in [3.05, 3.63) is 52.2 Å². The van der Waals surface area contributed by atoms with Gasteiger partial charge in [0, 0.05) is 17.6 Å². The molecule has 1 fully saturated rings. The van der Waals surface area contributed by atoms with E-state index in [0.717, 1.165) is 12.5 Å². The molecule has 0 aliphatic heterocycles. The Kier molecular flexibility index (Phi) is 2.66. The Morgan fingerprint density at radius 2 is 2.06 bits per heavy atom. The van der Waals surface area contributed by atoms with Gasteiger partial charge in [0.05, 0.1) is 0 Å². The SMILES string of the molecule is c1ccc(C2CC2)c(CNc2ccsc2)c1. The fraction of sp³-hybridized carbons (Fsp3) is 0.286. The first kappa shape index (κ1) is 9.91. The summed E-state index contributed by atoms with van der Waals surface area (Å²) in [5, 5.41) is 7.73. The summed E-state index contributed by atoms with van der Waals surface area (Å²) in [5.74, 6) is 0.834. The highest BCUT2D eigenvalue weighted by Gasteiger charge is 2.25. The summed E-state index contributed by atoms with van der Waals surface area (Å²) >= 11 is 1.74. The van der Waals surface area contributed by atoms with Crippen LogP contribution in [-0.2, 0) is 6.54 Å². The van der Waals surface area contributed by atoms with Crippen molar-refractivity contribution in [2.45, 2.75) is 25.3 Å². The Morgan fingerprint density at radius 1 is 1.19 bits per heavy atom. The van der Waals surface area contributed by atoms with E-state index in [1.54, 1.807) is 16.9 Å². The summed E-state index contributed by atoms with van der Waals surface area (Å²) in [7, 11) is 0. The molecule has 16 heavy (non-hydrogen) atoms. The van der Waals surface area contributed by atoms with Crippen LogP contribution in [0.1, 0.15) is 29.9 Å². The summed E-state index contributed by atoms with van der Waals surface area (Å²) in [5.41, 5.74) is 4.23. The Balaban J connectivity index is 1.73. The molecule has 1 N–H and O–H groups in total. The van der Waals surface area contributed by atoms with Crippen LogP contribution in [0.5, 0.6) is 0 Å². The monoisotopic (exact) mass is 229 g/mol. The standard InChI is InChI=1S/C14H15NS/c1-2-4-14(11-5-6-11)12(3-1)9-15-13-7-8-16-10-13/h1-4,7-8,10-11,15H,5-6,9H2. The van der Waals surface area contributed by atoms with E-state index < -0.39 is 0 Å². The first-order chi connectivity index (χ1) is 7.93. The maximum atomic E-state index is 3.47. The first-order valence-electron chi connectivity index (χ1n) is 5.77. The zero-order valence-corrected chi connectivity index (χ0v) is 9.96. The zero-order valence-electron chi connectivity index (χ0n) is 9.15. The van der Waals surface area contributed by atoms with Gasteiger partial charge in [-0.25, -0.2) is 0 Å². The summed E-state index contributed by atoms with van der Waals surface area (Å²) in [6.45, 7) is 0.948. The molecule has 1 aromatic heterocycles.